The second-order valence-electron chi connectivity index (χ2n) is 19.0. The highest BCUT2D eigenvalue weighted by Crippen LogP contribution is 2.17. The van der Waals surface area contributed by atoms with Gasteiger partial charge in [-0.2, -0.15) is 0 Å². The molecule has 3 N–H and O–H groups in total. The number of allylic oxidation sites excluding steroid dienone is 4. The van der Waals surface area contributed by atoms with E-state index in [1.165, 1.54) is 250 Å². The number of amides is 1. The number of carbonyl (C=O) groups excluding carboxylic acids is 1. The second-order valence-corrected chi connectivity index (χ2v) is 19.0. The second kappa shape index (κ2) is 52.2. The Bertz CT molecular complexity index is 871. The molecule has 60 heavy (non-hydrogen) atoms. The Hall–Kier alpha value is -1.13. The van der Waals surface area contributed by atoms with E-state index >= 15 is 0 Å². The van der Waals surface area contributed by atoms with Gasteiger partial charge < -0.3 is 15.5 Å². The Balaban J connectivity index is 3.35. The lowest BCUT2D eigenvalue weighted by atomic mass is 10.0. The van der Waals surface area contributed by atoms with Crippen molar-refractivity contribution < 1.29 is 15.0 Å². The van der Waals surface area contributed by atoms with Gasteiger partial charge in [-0.25, -0.2) is 0 Å². The summed E-state index contributed by atoms with van der Waals surface area (Å²) in [5, 5.41) is 23.1. The molecule has 0 bridgehead atoms. The van der Waals surface area contributed by atoms with E-state index in [9.17, 15) is 15.0 Å². The smallest absolute Gasteiger partial charge is 0.220 e. The molecule has 2 atom stereocenters. The number of unbranched alkanes of at least 4 members (excludes halogenated alkanes) is 40. The van der Waals surface area contributed by atoms with Crippen LogP contribution in [0.4, 0.5) is 0 Å². The fourth-order valence-corrected chi connectivity index (χ4v) is 8.75. The first-order valence-electron chi connectivity index (χ1n) is 27.5. The number of carbonyl (C=O) groups is 1. The van der Waals surface area contributed by atoms with E-state index in [0.717, 1.165) is 32.1 Å². The molecule has 0 aliphatic rings. The predicted octanol–water partition coefficient (Wildman–Crippen LogP) is 17.9. The third-order valence-electron chi connectivity index (χ3n) is 13.0. The van der Waals surface area contributed by atoms with Crippen LogP contribution >= 0.6 is 0 Å². The van der Waals surface area contributed by atoms with Crippen LogP contribution in [0, 0.1) is 0 Å². The molecule has 356 valence electrons. The average Bonchev–Trinajstić information content (AvgIpc) is 3.25. The lowest BCUT2D eigenvalue weighted by molar-refractivity contribution is -0.123. The third kappa shape index (κ3) is 47.9. The summed E-state index contributed by atoms with van der Waals surface area (Å²) in [5.74, 6) is -0.0300. The predicted molar refractivity (Wildman–Crippen MR) is 267 cm³/mol. The van der Waals surface area contributed by atoms with E-state index in [2.05, 4.69) is 43.5 Å². The summed E-state index contributed by atoms with van der Waals surface area (Å²) in [6, 6.07) is -0.532. The lowest BCUT2D eigenvalue weighted by Crippen LogP contribution is -2.45. The maximum atomic E-state index is 12.4. The summed E-state index contributed by atoms with van der Waals surface area (Å²) in [6.45, 7) is 4.36. The quantitative estimate of drug-likeness (QED) is 0.0422. The zero-order valence-electron chi connectivity index (χ0n) is 41.0. The number of rotatable bonds is 51. The van der Waals surface area contributed by atoms with Gasteiger partial charge in [-0.1, -0.05) is 282 Å². The van der Waals surface area contributed by atoms with E-state index in [4.69, 9.17) is 0 Å². The van der Waals surface area contributed by atoms with E-state index in [1.54, 1.807) is 0 Å². The van der Waals surface area contributed by atoms with Crippen LogP contribution in [0.25, 0.3) is 0 Å². The highest BCUT2D eigenvalue weighted by atomic mass is 16.3. The summed E-state index contributed by atoms with van der Waals surface area (Å²) in [4.78, 5) is 12.4. The first kappa shape index (κ1) is 58.9. The summed E-state index contributed by atoms with van der Waals surface area (Å²) >= 11 is 0. The van der Waals surface area contributed by atoms with E-state index in [1.807, 2.05) is 0 Å². The van der Waals surface area contributed by atoms with Gasteiger partial charge in [-0.3, -0.25) is 4.79 Å². The molecule has 0 spiro atoms. The molecule has 0 saturated heterocycles. The minimum atomic E-state index is -0.655. The molecular formula is C56H109NO3. The van der Waals surface area contributed by atoms with Crippen LogP contribution in [0.2, 0.25) is 0 Å². The maximum absolute atomic E-state index is 12.4. The molecule has 0 aromatic heterocycles. The van der Waals surface area contributed by atoms with Crippen molar-refractivity contribution in [3.63, 3.8) is 0 Å². The van der Waals surface area contributed by atoms with Crippen molar-refractivity contribution in [3.05, 3.63) is 24.3 Å². The molecule has 0 aliphatic heterocycles. The summed E-state index contributed by atoms with van der Waals surface area (Å²) in [6.07, 6.45) is 69.1. The minimum Gasteiger partial charge on any atom is -0.394 e. The van der Waals surface area contributed by atoms with Gasteiger partial charge in [-0.05, 0) is 44.9 Å². The SMILES string of the molecule is CCCCCCCCCCCCCCCCC/C=C\C/C=C\CCCCCCCCCCCCCCCCCCCC(=O)NC(CO)C(O)CCCCCCCCCCC. The van der Waals surface area contributed by atoms with Crippen molar-refractivity contribution in [2.75, 3.05) is 6.61 Å². The molecule has 0 aliphatic carbocycles. The van der Waals surface area contributed by atoms with E-state index in [0.29, 0.717) is 12.8 Å². The molecule has 1 amide bonds. The molecule has 2 unspecified atom stereocenters. The zero-order chi connectivity index (χ0) is 43.5. The Morgan fingerprint density at radius 2 is 0.683 bits per heavy atom. The van der Waals surface area contributed by atoms with Crippen LogP contribution in [0.5, 0.6) is 0 Å². The zero-order valence-corrected chi connectivity index (χ0v) is 41.0. The minimum absolute atomic E-state index is 0.0300. The first-order valence-corrected chi connectivity index (χ1v) is 27.5. The summed E-state index contributed by atoms with van der Waals surface area (Å²) in [5.41, 5.74) is 0. The van der Waals surface area contributed by atoms with Gasteiger partial charge in [0.05, 0.1) is 18.8 Å². The van der Waals surface area contributed by atoms with Gasteiger partial charge in [-0.15, -0.1) is 0 Å². The lowest BCUT2D eigenvalue weighted by Gasteiger charge is -2.22. The van der Waals surface area contributed by atoms with Gasteiger partial charge in [0.25, 0.3) is 0 Å². The van der Waals surface area contributed by atoms with Crippen LogP contribution in [0.15, 0.2) is 24.3 Å². The highest BCUT2D eigenvalue weighted by Gasteiger charge is 2.20. The number of hydrogen-bond acceptors (Lipinski definition) is 3. The van der Waals surface area contributed by atoms with Crippen LogP contribution in [-0.2, 0) is 4.79 Å². The molecule has 0 aromatic rings. The van der Waals surface area contributed by atoms with Crippen molar-refractivity contribution in [1.82, 2.24) is 5.32 Å². The Labute approximate surface area is 377 Å². The third-order valence-corrected chi connectivity index (χ3v) is 13.0. The average molecular weight is 844 g/mol. The van der Waals surface area contributed by atoms with Crippen LogP contribution in [0.1, 0.15) is 309 Å². The Morgan fingerprint density at radius 3 is 1.00 bits per heavy atom. The van der Waals surface area contributed by atoms with Crippen LogP contribution < -0.4 is 5.32 Å². The Kier molecular flexibility index (Phi) is 51.2. The first-order chi connectivity index (χ1) is 29.7. The molecule has 0 fully saturated rings. The van der Waals surface area contributed by atoms with Crippen molar-refractivity contribution in [3.8, 4) is 0 Å². The number of aliphatic hydroxyl groups is 2. The number of aliphatic hydroxyl groups excluding tert-OH is 2. The molecule has 4 nitrogen and oxygen atoms in total. The van der Waals surface area contributed by atoms with Crippen molar-refractivity contribution in [2.45, 2.75) is 321 Å². The van der Waals surface area contributed by atoms with Gasteiger partial charge in [0, 0.05) is 6.42 Å². The Morgan fingerprint density at radius 1 is 0.400 bits per heavy atom. The standard InChI is InChI=1S/C56H109NO3/c1-3-5-7-9-11-13-14-15-16-17-18-19-20-21-22-23-24-25-26-27-28-29-30-31-32-33-34-35-36-37-38-39-40-41-42-44-46-48-50-52-56(60)57-54(53-58)55(59)51-49-47-45-43-12-10-8-6-4-2/h24-25,27-28,54-55,58-59H,3-23,26,29-53H2,1-2H3,(H,57,60)/b25-24-,28-27-. The van der Waals surface area contributed by atoms with Gasteiger partial charge >= 0.3 is 0 Å². The van der Waals surface area contributed by atoms with Gasteiger partial charge in [0.15, 0.2) is 0 Å². The van der Waals surface area contributed by atoms with Gasteiger partial charge in [0.2, 0.25) is 5.91 Å². The summed E-state index contributed by atoms with van der Waals surface area (Å²) < 4.78 is 0. The van der Waals surface area contributed by atoms with E-state index in [-0.39, 0.29) is 12.5 Å². The molecule has 0 heterocycles. The topological polar surface area (TPSA) is 69.6 Å². The monoisotopic (exact) mass is 844 g/mol. The fourth-order valence-electron chi connectivity index (χ4n) is 8.75. The molecule has 0 rings (SSSR count). The number of hydrogen-bond donors (Lipinski definition) is 3. The molecule has 4 heteroatoms. The van der Waals surface area contributed by atoms with Crippen LogP contribution in [0.3, 0.4) is 0 Å². The van der Waals surface area contributed by atoms with E-state index < -0.39 is 12.1 Å². The van der Waals surface area contributed by atoms with Crippen molar-refractivity contribution >= 4 is 5.91 Å². The highest BCUT2D eigenvalue weighted by molar-refractivity contribution is 5.76. The number of nitrogens with one attached hydrogen (secondary N) is 1. The maximum Gasteiger partial charge on any atom is 0.220 e. The largest absolute Gasteiger partial charge is 0.394 e. The van der Waals surface area contributed by atoms with Crippen molar-refractivity contribution in [1.29, 1.82) is 0 Å². The fraction of sp³-hybridized carbons (Fsp3) is 0.911. The molecule has 0 aromatic carbocycles. The molecular weight excluding hydrogens is 735 g/mol. The molecule has 0 saturated carbocycles. The summed E-state index contributed by atoms with van der Waals surface area (Å²) in [7, 11) is 0. The normalized spacial score (nSPS) is 12.9. The van der Waals surface area contributed by atoms with Crippen LogP contribution in [-0.4, -0.2) is 34.9 Å². The molecule has 0 radical (unpaired) electrons. The van der Waals surface area contributed by atoms with Crippen molar-refractivity contribution in [2.24, 2.45) is 0 Å². The van der Waals surface area contributed by atoms with Gasteiger partial charge in [0.1, 0.15) is 0 Å².